The summed E-state index contributed by atoms with van der Waals surface area (Å²) in [6.45, 7) is 7.03. The normalized spacial score (nSPS) is 11.6. The predicted octanol–water partition coefficient (Wildman–Crippen LogP) is 1.86. The Balaban J connectivity index is 2.60. The van der Waals surface area contributed by atoms with Crippen LogP contribution in [0.1, 0.15) is 13.8 Å². The summed E-state index contributed by atoms with van der Waals surface area (Å²) in [5.41, 5.74) is 0. The van der Waals surface area contributed by atoms with Gasteiger partial charge in [-0.1, -0.05) is 38.6 Å². The topological polar surface area (TPSA) is 84.9 Å². The number of carboxylic acid groups (broad SMARTS) is 1. The van der Waals surface area contributed by atoms with Crippen molar-refractivity contribution in [3.05, 3.63) is 36.9 Å². The molecule has 0 heterocycles. The minimum atomic E-state index is -1.07. The molecule has 0 saturated heterocycles. The second-order valence-corrected chi connectivity index (χ2v) is 4.96. The van der Waals surface area contributed by atoms with Gasteiger partial charge in [0, 0.05) is 0 Å². The second-order valence-electron chi connectivity index (χ2n) is 4.96. The molecule has 0 bridgehead atoms. The molecule has 6 nitrogen and oxygen atoms in total. The Labute approximate surface area is 129 Å². The number of nitrogens with one attached hydrogen (secondary N) is 1. The number of rotatable bonds is 9. The van der Waals surface area contributed by atoms with Crippen molar-refractivity contribution in [2.24, 2.45) is 5.92 Å². The van der Waals surface area contributed by atoms with Crippen LogP contribution in [-0.2, 0) is 9.59 Å². The van der Waals surface area contributed by atoms with Gasteiger partial charge in [0.15, 0.2) is 18.1 Å². The number of para-hydroxylation sites is 2. The third-order valence-corrected chi connectivity index (χ3v) is 2.81. The van der Waals surface area contributed by atoms with E-state index in [0.29, 0.717) is 18.1 Å². The molecular formula is C16H21NO5. The van der Waals surface area contributed by atoms with Crippen molar-refractivity contribution in [3.8, 4) is 11.5 Å². The zero-order chi connectivity index (χ0) is 16.5. The van der Waals surface area contributed by atoms with Crippen molar-refractivity contribution in [3.63, 3.8) is 0 Å². The summed E-state index contributed by atoms with van der Waals surface area (Å²) in [5, 5.41) is 11.5. The first-order valence-corrected chi connectivity index (χ1v) is 6.93. The van der Waals surface area contributed by atoms with Crippen molar-refractivity contribution in [2.45, 2.75) is 19.9 Å². The minimum absolute atomic E-state index is 0.218. The van der Waals surface area contributed by atoms with E-state index in [-0.39, 0.29) is 12.5 Å². The van der Waals surface area contributed by atoms with Crippen molar-refractivity contribution in [1.82, 2.24) is 5.32 Å². The van der Waals surface area contributed by atoms with Gasteiger partial charge in [0.2, 0.25) is 0 Å². The summed E-state index contributed by atoms with van der Waals surface area (Å²) in [6.07, 6.45) is 1.60. The van der Waals surface area contributed by atoms with Crippen molar-refractivity contribution >= 4 is 11.9 Å². The van der Waals surface area contributed by atoms with E-state index in [1.165, 1.54) is 0 Å². The quantitative estimate of drug-likeness (QED) is 0.680. The SMILES string of the molecule is C=CCOc1ccccc1OCC(=O)NC(C(=O)O)C(C)C. The van der Waals surface area contributed by atoms with Crippen LogP contribution in [0, 0.1) is 5.92 Å². The number of aliphatic carboxylic acids is 1. The van der Waals surface area contributed by atoms with E-state index in [2.05, 4.69) is 11.9 Å². The molecule has 0 fully saturated rings. The zero-order valence-corrected chi connectivity index (χ0v) is 12.7. The molecule has 1 rings (SSSR count). The first-order valence-electron chi connectivity index (χ1n) is 6.93. The number of carbonyl (C=O) groups excluding carboxylic acids is 1. The second kappa shape index (κ2) is 8.71. The van der Waals surface area contributed by atoms with Crippen molar-refractivity contribution in [1.29, 1.82) is 0 Å². The Hall–Kier alpha value is -2.50. The van der Waals surface area contributed by atoms with Gasteiger partial charge in [0.1, 0.15) is 12.6 Å². The molecule has 0 aliphatic rings. The third-order valence-electron chi connectivity index (χ3n) is 2.81. The molecule has 0 radical (unpaired) electrons. The lowest BCUT2D eigenvalue weighted by Gasteiger charge is -2.18. The zero-order valence-electron chi connectivity index (χ0n) is 12.7. The van der Waals surface area contributed by atoms with Gasteiger partial charge in [-0.2, -0.15) is 0 Å². The molecule has 0 aliphatic heterocycles. The number of carbonyl (C=O) groups is 2. The van der Waals surface area contributed by atoms with Gasteiger partial charge >= 0.3 is 5.97 Å². The van der Waals surface area contributed by atoms with E-state index in [9.17, 15) is 9.59 Å². The van der Waals surface area contributed by atoms with Gasteiger partial charge in [0.05, 0.1) is 0 Å². The fourth-order valence-corrected chi connectivity index (χ4v) is 1.71. The van der Waals surface area contributed by atoms with E-state index < -0.39 is 17.9 Å². The van der Waals surface area contributed by atoms with Crippen LogP contribution in [0.3, 0.4) is 0 Å². The van der Waals surface area contributed by atoms with Gasteiger partial charge in [-0.3, -0.25) is 4.79 Å². The fourth-order valence-electron chi connectivity index (χ4n) is 1.71. The predicted molar refractivity (Wildman–Crippen MR) is 82.0 cm³/mol. The lowest BCUT2D eigenvalue weighted by atomic mass is 10.1. The Morgan fingerprint density at radius 3 is 2.36 bits per heavy atom. The number of hydrogen-bond acceptors (Lipinski definition) is 4. The summed E-state index contributed by atoms with van der Waals surface area (Å²) in [5.74, 6) is -0.882. The molecule has 1 unspecified atom stereocenters. The lowest BCUT2D eigenvalue weighted by molar-refractivity contribution is -0.143. The van der Waals surface area contributed by atoms with Crippen molar-refractivity contribution < 1.29 is 24.2 Å². The van der Waals surface area contributed by atoms with E-state index in [0.717, 1.165) is 0 Å². The third kappa shape index (κ3) is 5.47. The monoisotopic (exact) mass is 307 g/mol. The number of benzene rings is 1. The fraction of sp³-hybridized carbons (Fsp3) is 0.375. The Bertz CT molecular complexity index is 527. The Morgan fingerprint density at radius 2 is 1.86 bits per heavy atom. The Morgan fingerprint density at radius 1 is 1.27 bits per heavy atom. The molecule has 0 spiro atoms. The highest BCUT2D eigenvalue weighted by Gasteiger charge is 2.23. The van der Waals surface area contributed by atoms with Crippen LogP contribution in [0.15, 0.2) is 36.9 Å². The van der Waals surface area contributed by atoms with Crippen LogP contribution >= 0.6 is 0 Å². The van der Waals surface area contributed by atoms with Crippen LogP contribution in [0.5, 0.6) is 11.5 Å². The maximum absolute atomic E-state index is 11.8. The molecule has 6 heteroatoms. The summed E-state index contributed by atoms with van der Waals surface area (Å²) in [6, 6.07) is 5.98. The number of hydrogen-bond donors (Lipinski definition) is 2. The van der Waals surface area contributed by atoms with Crippen LogP contribution < -0.4 is 14.8 Å². The highest BCUT2D eigenvalue weighted by molar-refractivity contribution is 5.84. The molecule has 0 aliphatic carbocycles. The molecule has 22 heavy (non-hydrogen) atoms. The summed E-state index contributed by atoms with van der Waals surface area (Å²) in [4.78, 5) is 22.8. The van der Waals surface area contributed by atoms with Crippen LogP contribution in [-0.4, -0.2) is 36.2 Å². The van der Waals surface area contributed by atoms with E-state index in [1.54, 1.807) is 44.2 Å². The number of ether oxygens (including phenoxy) is 2. The summed E-state index contributed by atoms with van der Waals surface area (Å²) >= 11 is 0. The van der Waals surface area contributed by atoms with Crippen LogP contribution in [0.2, 0.25) is 0 Å². The molecule has 1 amide bonds. The molecule has 0 saturated carbocycles. The van der Waals surface area contributed by atoms with Crippen LogP contribution in [0.4, 0.5) is 0 Å². The standard InChI is InChI=1S/C16H21NO5/c1-4-9-21-12-7-5-6-8-13(12)22-10-14(18)17-15(11(2)3)16(19)20/h4-8,11,15H,1,9-10H2,2-3H3,(H,17,18)(H,19,20). The van der Waals surface area contributed by atoms with Crippen molar-refractivity contribution in [2.75, 3.05) is 13.2 Å². The molecule has 1 aromatic carbocycles. The number of amides is 1. The van der Waals surface area contributed by atoms with Gasteiger partial charge < -0.3 is 19.9 Å². The maximum Gasteiger partial charge on any atom is 0.326 e. The lowest BCUT2D eigenvalue weighted by Crippen LogP contribution is -2.46. The maximum atomic E-state index is 11.8. The molecule has 1 aromatic rings. The first-order chi connectivity index (χ1) is 10.5. The summed E-state index contributed by atoms with van der Waals surface area (Å²) < 4.78 is 10.8. The van der Waals surface area contributed by atoms with Gasteiger partial charge in [-0.15, -0.1) is 0 Å². The van der Waals surface area contributed by atoms with Gasteiger partial charge in [-0.05, 0) is 18.1 Å². The van der Waals surface area contributed by atoms with Crippen LogP contribution in [0.25, 0.3) is 0 Å². The largest absolute Gasteiger partial charge is 0.486 e. The highest BCUT2D eigenvalue weighted by atomic mass is 16.5. The Kier molecular flexibility index (Phi) is 6.95. The highest BCUT2D eigenvalue weighted by Crippen LogP contribution is 2.26. The summed E-state index contributed by atoms with van der Waals surface area (Å²) in [7, 11) is 0. The van der Waals surface area contributed by atoms with E-state index in [4.69, 9.17) is 14.6 Å². The smallest absolute Gasteiger partial charge is 0.326 e. The van der Waals surface area contributed by atoms with Gasteiger partial charge in [-0.25, -0.2) is 4.79 Å². The van der Waals surface area contributed by atoms with E-state index >= 15 is 0 Å². The molecular weight excluding hydrogens is 286 g/mol. The molecule has 120 valence electrons. The number of carboxylic acids is 1. The molecule has 0 aromatic heterocycles. The minimum Gasteiger partial charge on any atom is -0.486 e. The molecule has 2 N–H and O–H groups in total. The van der Waals surface area contributed by atoms with E-state index in [1.807, 2.05) is 0 Å². The molecule has 1 atom stereocenters. The average Bonchev–Trinajstić information content (AvgIpc) is 2.48. The van der Waals surface area contributed by atoms with Gasteiger partial charge in [0.25, 0.3) is 5.91 Å². The average molecular weight is 307 g/mol. The first kappa shape index (κ1) is 17.6.